The number of alkyl halides is 3. The lowest BCUT2D eigenvalue weighted by Gasteiger charge is -2.36. The molecule has 0 radical (unpaired) electrons. The first-order valence-electron chi connectivity index (χ1n) is 13.2. The molecular weight excluding hydrogens is 545 g/mol. The molecule has 5 rings (SSSR count). The summed E-state index contributed by atoms with van der Waals surface area (Å²) in [5.74, 6) is 0.582. The fraction of sp³-hybridized carbons (Fsp3) is 0.393. The average Bonchev–Trinajstić information content (AvgIpc) is 2.94. The van der Waals surface area contributed by atoms with Crippen LogP contribution in [0.3, 0.4) is 0 Å². The molecule has 0 bridgehead atoms. The molecule has 3 aromatic rings. The molecule has 0 aliphatic carbocycles. The molecule has 1 amide bonds. The van der Waals surface area contributed by atoms with Crippen LogP contribution in [0.2, 0.25) is 5.02 Å². The van der Waals surface area contributed by atoms with Gasteiger partial charge in [-0.1, -0.05) is 18.5 Å². The molecule has 3 heterocycles. The Morgan fingerprint density at radius 1 is 1.12 bits per heavy atom. The van der Waals surface area contributed by atoms with E-state index in [9.17, 15) is 18.0 Å². The lowest BCUT2D eigenvalue weighted by atomic mass is 10.0. The summed E-state index contributed by atoms with van der Waals surface area (Å²) in [6, 6.07) is 8.44. The molecule has 0 unspecified atom stereocenters. The molecule has 1 saturated heterocycles. The average molecular weight is 575 g/mol. The van der Waals surface area contributed by atoms with E-state index in [0.29, 0.717) is 59.8 Å². The highest BCUT2D eigenvalue weighted by atomic mass is 35.5. The van der Waals surface area contributed by atoms with Crippen molar-refractivity contribution < 1.29 is 22.7 Å². The number of ether oxygens (including phenoxy) is 1. The van der Waals surface area contributed by atoms with Gasteiger partial charge in [-0.3, -0.25) is 9.69 Å². The van der Waals surface area contributed by atoms with Crippen LogP contribution in [0.5, 0.6) is 5.75 Å². The summed E-state index contributed by atoms with van der Waals surface area (Å²) in [5, 5.41) is 6.24. The molecule has 1 aromatic heterocycles. The van der Waals surface area contributed by atoms with E-state index in [1.807, 2.05) is 4.90 Å². The number of fused-ring (bicyclic) bond motifs is 1. The van der Waals surface area contributed by atoms with E-state index < -0.39 is 17.6 Å². The number of carbonyl (C=O) groups excluding carboxylic acids is 1. The Balaban J connectivity index is 1.37. The zero-order valence-corrected chi connectivity index (χ0v) is 22.8. The number of hydrogen-bond acceptors (Lipinski definition) is 7. The summed E-state index contributed by atoms with van der Waals surface area (Å²) in [5.41, 5.74) is 1.19. The van der Waals surface area contributed by atoms with Crippen LogP contribution in [0.25, 0.3) is 0 Å². The molecule has 40 heavy (non-hydrogen) atoms. The number of anilines is 3. The molecule has 2 aliphatic heterocycles. The molecule has 8 nitrogen and oxygen atoms in total. The summed E-state index contributed by atoms with van der Waals surface area (Å²) in [6.07, 6.45) is -1.82. The van der Waals surface area contributed by atoms with Gasteiger partial charge in [0.25, 0.3) is 5.91 Å². The van der Waals surface area contributed by atoms with E-state index in [1.165, 1.54) is 12.4 Å². The molecule has 2 N–H and O–H groups in total. The van der Waals surface area contributed by atoms with Crippen LogP contribution in [-0.2, 0) is 12.6 Å². The van der Waals surface area contributed by atoms with Crippen molar-refractivity contribution in [3.63, 3.8) is 0 Å². The van der Waals surface area contributed by atoms with Gasteiger partial charge in [-0.05, 0) is 54.9 Å². The number of carbonyl (C=O) groups is 1. The lowest BCUT2D eigenvalue weighted by molar-refractivity contribution is -0.137. The zero-order chi connectivity index (χ0) is 28.3. The van der Waals surface area contributed by atoms with Gasteiger partial charge >= 0.3 is 6.18 Å². The van der Waals surface area contributed by atoms with Crippen molar-refractivity contribution in [3.05, 3.63) is 70.1 Å². The maximum absolute atomic E-state index is 13.8. The van der Waals surface area contributed by atoms with E-state index in [1.54, 1.807) is 18.2 Å². The third kappa shape index (κ3) is 6.42. The number of piperazine rings is 1. The minimum absolute atomic E-state index is 0.0756. The van der Waals surface area contributed by atoms with Crippen LogP contribution < -0.4 is 20.3 Å². The van der Waals surface area contributed by atoms with Crippen LogP contribution in [0.15, 0.2) is 42.7 Å². The summed E-state index contributed by atoms with van der Waals surface area (Å²) >= 11 is 6.44. The smallest absolute Gasteiger partial charge is 0.416 e. The van der Waals surface area contributed by atoms with E-state index >= 15 is 0 Å². The summed E-state index contributed by atoms with van der Waals surface area (Å²) in [4.78, 5) is 25.9. The minimum Gasteiger partial charge on any atom is -0.486 e. The molecule has 0 atom stereocenters. The zero-order valence-electron chi connectivity index (χ0n) is 22.0. The predicted molar refractivity (Wildman–Crippen MR) is 149 cm³/mol. The van der Waals surface area contributed by atoms with E-state index in [0.717, 1.165) is 38.2 Å². The molecular formula is C28H30ClF3N6O2. The maximum atomic E-state index is 13.8. The fourth-order valence-electron chi connectivity index (χ4n) is 4.95. The monoisotopic (exact) mass is 574 g/mol. The fourth-order valence-corrected chi connectivity index (χ4v) is 5.13. The number of benzene rings is 2. The third-order valence-corrected chi connectivity index (χ3v) is 7.33. The molecule has 0 spiro atoms. The molecule has 2 aromatic carbocycles. The number of nitrogens with one attached hydrogen (secondary N) is 2. The van der Waals surface area contributed by atoms with Gasteiger partial charge in [-0.2, -0.15) is 13.2 Å². The largest absolute Gasteiger partial charge is 0.486 e. The van der Waals surface area contributed by atoms with Gasteiger partial charge in [-0.25, -0.2) is 9.97 Å². The molecule has 1 fully saturated rings. The molecule has 12 heteroatoms. The highest BCUT2D eigenvalue weighted by Crippen LogP contribution is 2.35. The SMILES string of the molecule is CCCN1CCN(c2cc(NC(=O)c3ccc(Cl)c(Cc4ncnc5c4OCCN5)c3)cc(C(F)(F)F)c2)CC1. The number of rotatable bonds is 7. The van der Waals surface area contributed by atoms with Crippen molar-refractivity contribution >= 4 is 34.7 Å². The number of hydrogen-bond donors (Lipinski definition) is 2. The second kappa shape index (κ2) is 11.9. The Bertz CT molecular complexity index is 1380. The number of aromatic nitrogens is 2. The van der Waals surface area contributed by atoms with Crippen LogP contribution in [-0.4, -0.2) is 66.7 Å². The number of nitrogens with zero attached hydrogens (tertiary/aromatic N) is 4. The van der Waals surface area contributed by atoms with Crippen molar-refractivity contribution in [1.29, 1.82) is 0 Å². The Hall–Kier alpha value is -3.57. The van der Waals surface area contributed by atoms with Gasteiger partial charge < -0.3 is 20.3 Å². The van der Waals surface area contributed by atoms with Crippen LogP contribution in [0, 0.1) is 0 Å². The lowest BCUT2D eigenvalue weighted by Crippen LogP contribution is -2.46. The van der Waals surface area contributed by atoms with Crippen LogP contribution >= 0.6 is 11.6 Å². The summed E-state index contributed by atoms with van der Waals surface area (Å²) in [6.45, 7) is 6.94. The van der Waals surface area contributed by atoms with Gasteiger partial charge in [0.2, 0.25) is 0 Å². The van der Waals surface area contributed by atoms with Crippen molar-refractivity contribution in [1.82, 2.24) is 14.9 Å². The summed E-state index contributed by atoms with van der Waals surface area (Å²) in [7, 11) is 0. The Morgan fingerprint density at radius 3 is 2.67 bits per heavy atom. The van der Waals surface area contributed by atoms with Gasteiger partial charge in [0.05, 0.1) is 17.8 Å². The van der Waals surface area contributed by atoms with E-state index in [4.69, 9.17) is 16.3 Å². The summed E-state index contributed by atoms with van der Waals surface area (Å²) < 4.78 is 47.1. The maximum Gasteiger partial charge on any atom is 0.416 e. The van der Waals surface area contributed by atoms with Crippen LogP contribution in [0.4, 0.5) is 30.4 Å². The van der Waals surface area contributed by atoms with E-state index in [-0.39, 0.29) is 17.7 Å². The van der Waals surface area contributed by atoms with Crippen molar-refractivity contribution in [3.8, 4) is 5.75 Å². The van der Waals surface area contributed by atoms with Gasteiger partial charge in [-0.15, -0.1) is 0 Å². The Morgan fingerprint density at radius 2 is 1.93 bits per heavy atom. The van der Waals surface area contributed by atoms with Crippen LogP contribution in [0.1, 0.15) is 40.5 Å². The van der Waals surface area contributed by atoms with Crippen molar-refractivity contribution in [2.75, 3.05) is 61.4 Å². The van der Waals surface area contributed by atoms with Gasteiger partial charge in [0.1, 0.15) is 12.9 Å². The normalized spacial score (nSPS) is 15.7. The topological polar surface area (TPSA) is 82.6 Å². The molecule has 2 aliphatic rings. The highest BCUT2D eigenvalue weighted by Gasteiger charge is 2.32. The third-order valence-electron chi connectivity index (χ3n) is 6.96. The van der Waals surface area contributed by atoms with Gasteiger partial charge in [0, 0.05) is 54.6 Å². The molecule has 0 saturated carbocycles. The van der Waals surface area contributed by atoms with E-state index in [2.05, 4.69) is 32.4 Å². The number of halogens is 4. The van der Waals surface area contributed by atoms with Crippen molar-refractivity contribution in [2.24, 2.45) is 0 Å². The first-order valence-corrected chi connectivity index (χ1v) is 13.6. The first-order chi connectivity index (χ1) is 19.2. The minimum atomic E-state index is -4.55. The Kier molecular flexibility index (Phi) is 8.32. The Labute approximate surface area is 235 Å². The standard InChI is InChI=1S/C28H30ClF3N6O2/c1-2-6-37-7-9-38(10-8-37)22-15-20(28(30,31)32)14-21(16-22)36-27(39)18-3-4-23(29)19(12-18)13-24-25-26(35-17-34-24)33-5-11-40-25/h3-4,12,14-17H,2,5-11,13H2,1H3,(H,36,39)(H,33,34,35). The van der Waals surface area contributed by atoms with Gasteiger partial charge in [0.15, 0.2) is 11.6 Å². The highest BCUT2D eigenvalue weighted by molar-refractivity contribution is 6.31. The quantitative estimate of drug-likeness (QED) is 0.395. The predicted octanol–water partition coefficient (Wildman–Crippen LogP) is 5.33. The molecule has 212 valence electrons. The number of amides is 1. The van der Waals surface area contributed by atoms with Crippen molar-refractivity contribution in [2.45, 2.75) is 25.9 Å². The second-order valence-corrected chi connectivity index (χ2v) is 10.2. The first kappa shape index (κ1) is 28.0. The second-order valence-electron chi connectivity index (χ2n) is 9.81.